The van der Waals surface area contributed by atoms with E-state index in [4.69, 9.17) is 4.74 Å². The number of hydrogen-bond donors (Lipinski definition) is 1. The second-order valence-electron chi connectivity index (χ2n) is 5.20. The van der Waals surface area contributed by atoms with Crippen LogP contribution in [-0.4, -0.2) is 22.6 Å². The first-order chi connectivity index (χ1) is 8.70. The van der Waals surface area contributed by atoms with Crippen molar-refractivity contribution in [1.29, 1.82) is 0 Å². The lowest BCUT2D eigenvalue weighted by atomic mass is 10.2. The molecule has 1 aromatic rings. The average Bonchev–Trinajstić information content (AvgIpc) is 3.18. The molecule has 0 aliphatic heterocycles. The molecule has 2 rings (SSSR count). The summed E-state index contributed by atoms with van der Waals surface area (Å²) in [4.78, 5) is 8.92. The van der Waals surface area contributed by atoms with E-state index in [-0.39, 0.29) is 6.10 Å². The van der Waals surface area contributed by atoms with Crippen LogP contribution in [0.3, 0.4) is 0 Å². The average molecular weight is 249 g/mol. The predicted molar refractivity (Wildman–Crippen MR) is 71.1 cm³/mol. The third-order valence-electron chi connectivity index (χ3n) is 3.09. The maximum absolute atomic E-state index is 5.75. The van der Waals surface area contributed by atoms with Crippen LogP contribution >= 0.6 is 0 Å². The number of ether oxygens (including phenoxy) is 1. The highest BCUT2D eigenvalue weighted by Gasteiger charge is 2.34. The maximum Gasteiger partial charge on any atom is 0.157 e. The lowest BCUT2D eigenvalue weighted by Gasteiger charge is -2.15. The van der Waals surface area contributed by atoms with Gasteiger partial charge in [-0.15, -0.1) is 0 Å². The Morgan fingerprint density at radius 3 is 2.50 bits per heavy atom. The minimum Gasteiger partial charge on any atom is -0.370 e. The van der Waals surface area contributed by atoms with Crippen molar-refractivity contribution < 1.29 is 4.74 Å². The molecular weight excluding hydrogens is 226 g/mol. The lowest BCUT2D eigenvalue weighted by molar-refractivity contribution is 0.0400. The molecular formula is C14H23N3O. The van der Waals surface area contributed by atoms with Gasteiger partial charge in [-0.2, -0.15) is 0 Å². The molecule has 1 aliphatic carbocycles. The molecule has 4 nitrogen and oxygen atoms in total. The largest absolute Gasteiger partial charge is 0.370 e. The van der Waals surface area contributed by atoms with Crippen LogP contribution in [0.2, 0.25) is 0 Å². The van der Waals surface area contributed by atoms with Crippen molar-refractivity contribution in [2.75, 3.05) is 6.61 Å². The fourth-order valence-electron chi connectivity index (χ4n) is 1.92. The Labute approximate surface area is 109 Å². The summed E-state index contributed by atoms with van der Waals surface area (Å²) in [7, 11) is 0. The van der Waals surface area contributed by atoms with Crippen LogP contribution in [0.4, 0.5) is 0 Å². The summed E-state index contributed by atoms with van der Waals surface area (Å²) in [6.07, 6.45) is 6.40. The number of nitrogens with zero attached hydrogens (tertiary/aromatic N) is 2. The van der Waals surface area contributed by atoms with Crippen molar-refractivity contribution in [1.82, 2.24) is 15.3 Å². The molecule has 1 unspecified atom stereocenters. The highest BCUT2D eigenvalue weighted by Crippen LogP contribution is 2.41. The molecule has 1 fully saturated rings. The second kappa shape index (κ2) is 6.25. The quantitative estimate of drug-likeness (QED) is 0.806. The minimum atomic E-state index is 0.0992. The molecule has 100 valence electrons. The van der Waals surface area contributed by atoms with Gasteiger partial charge in [-0.25, -0.2) is 9.97 Å². The zero-order chi connectivity index (χ0) is 13.0. The van der Waals surface area contributed by atoms with Crippen LogP contribution in [-0.2, 0) is 11.3 Å². The van der Waals surface area contributed by atoms with Gasteiger partial charge < -0.3 is 10.1 Å². The van der Waals surface area contributed by atoms with Crippen molar-refractivity contribution >= 4 is 0 Å². The summed E-state index contributed by atoms with van der Waals surface area (Å²) in [5.74, 6) is 1.47. The summed E-state index contributed by atoms with van der Waals surface area (Å²) >= 11 is 0. The topological polar surface area (TPSA) is 47.0 Å². The van der Waals surface area contributed by atoms with E-state index < -0.39 is 0 Å². The van der Waals surface area contributed by atoms with E-state index in [1.165, 1.54) is 12.8 Å². The Kier molecular flexibility index (Phi) is 4.66. The second-order valence-corrected chi connectivity index (χ2v) is 5.20. The monoisotopic (exact) mass is 249 g/mol. The third-order valence-corrected chi connectivity index (χ3v) is 3.09. The number of hydrogen-bond acceptors (Lipinski definition) is 4. The highest BCUT2D eigenvalue weighted by atomic mass is 16.5. The molecule has 1 N–H and O–H groups in total. The molecule has 0 radical (unpaired) electrons. The van der Waals surface area contributed by atoms with E-state index in [1.807, 2.05) is 19.3 Å². The standard InChI is InChI=1S/C14H23N3O/c1-4-18-13(12-5-6-12)14-16-8-11(9-17-14)7-15-10(2)3/h8-10,12-13,15H,4-7H2,1-3H3. The Balaban J connectivity index is 1.96. The molecule has 1 aliphatic rings. The minimum absolute atomic E-state index is 0.0992. The van der Waals surface area contributed by atoms with Crippen molar-refractivity contribution in [3.8, 4) is 0 Å². The van der Waals surface area contributed by atoms with Crippen molar-refractivity contribution in [2.24, 2.45) is 5.92 Å². The first-order valence-corrected chi connectivity index (χ1v) is 6.86. The fraction of sp³-hybridized carbons (Fsp3) is 0.714. The van der Waals surface area contributed by atoms with Crippen LogP contribution in [0, 0.1) is 5.92 Å². The molecule has 18 heavy (non-hydrogen) atoms. The van der Waals surface area contributed by atoms with Gasteiger partial charge >= 0.3 is 0 Å². The summed E-state index contributed by atoms with van der Waals surface area (Å²) in [5.41, 5.74) is 1.12. The van der Waals surface area contributed by atoms with E-state index in [2.05, 4.69) is 29.1 Å². The van der Waals surface area contributed by atoms with E-state index in [0.29, 0.717) is 12.0 Å². The number of rotatable bonds is 7. The van der Waals surface area contributed by atoms with Gasteiger partial charge in [0.15, 0.2) is 5.82 Å². The first-order valence-electron chi connectivity index (χ1n) is 6.86. The lowest BCUT2D eigenvalue weighted by Crippen LogP contribution is -2.22. The Hall–Kier alpha value is -1.00. The van der Waals surface area contributed by atoms with E-state index in [9.17, 15) is 0 Å². The SMILES string of the molecule is CCOC(c1ncc(CNC(C)C)cn1)C1CC1. The summed E-state index contributed by atoms with van der Waals surface area (Å²) in [6.45, 7) is 7.83. The molecule has 0 bridgehead atoms. The zero-order valence-electron chi connectivity index (χ0n) is 11.5. The summed E-state index contributed by atoms with van der Waals surface area (Å²) < 4.78 is 5.75. The van der Waals surface area contributed by atoms with Crippen molar-refractivity contribution in [3.63, 3.8) is 0 Å². The summed E-state index contributed by atoms with van der Waals surface area (Å²) in [5, 5.41) is 3.36. The Morgan fingerprint density at radius 1 is 1.33 bits per heavy atom. The molecule has 4 heteroatoms. The summed E-state index contributed by atoms with van der Waals surface area (Å²) in [6, 6.07) is 0.479. The van der Waals surface area contributed by atoms with Crippen molar-refractivity contribution in [3.05, 3.63) is 23.8 Å². The normalized spacial score (nSPS) is 17.1. The van der Waals surface area contributed by atoms with E-state index >= 15 is 0 Å². The Morgan fingerprint density at radius 2 is 2.00 bits per heavy atom. The molecule has 1 saturated carbocycles. The number of nitrogens with one attached hydrogen (secondary N) is 1. The highest BCUT2D eigenvalue weighted by molar-refractivity contribution is 5.08. The van der Waals surface area contributed by atoms with Crippen LogP contribution in [0.1, 0.15) is 51.1 Å². The van der Waals surface area contributed by atoms with Gasteiger partial charge in [0.2, 0.25) is 0 Å². The fourth-order valence-corrected chi connectivity index (χ4v) is 1.92. The van der Waals surface area contributed by atoms with Gasteiger partial charge in [-0.05, 0) is 25.7 Å². The molecule has 1 atom stereocenters. The van der Waals surface area contributed by atoms with Gasteiger partial charge in [-0.1, -0.05) is 13.8 Å². The van der Waals surface area contributed by atoms with E-state index in [1.54, 1.807) is 0 Å². The molecule has 1 aromatic heterocycles. The van der Waals surface area contributed by atoms with Crippen LogP contribution in [0.15, 0.2) is 12.4 Å². The third kappa shape index (κ3) is 3.75. The number of aromatic nitrogens is 2. The molecule has 0 amide bonds. The Bertz CT molecular complexity index is 360. The van der Waals surface area contributed by atoms with Crippen LogP contribution in [0.5, 0.6) is 0 Å². The maximum atomic E-state index is 5.75. The predicted octanol–water partition coefficient (Wildman–Crippen LogP) is 2.46. The van der Waals surface area contributed by atoms with Gasteiger partial charge in [0.05, 0.1) is 0 Å². The van der Waals surface area contributed by atoms with Gasteiger partial charge in [0, 0.05) is 37.2 Å². The molecule has 0 spiro atoms. The molecule has 1 heterocycles. The van der Waals surface area contributed by atoms with E-state index in [0.717, 1.165) is 24.5 Å². The molecule has 0 saturated heterocycles. The van der Waals surface area contributed by atoms with Crippen molar-refractivity contribution in [2.45, 2.75) is 52.3 Å². The smallest absolute Gasteiger partial charge is 0.157 e. The van der Waals surface area contributed by atoms with Gasteiger partial charge in [-0.3, -0.25) is 0 Å². The van der Waals surface area contributed by atoms with Gasteiger partial charge in [0.25, 0.3) is 0 Å². The van der Waals surface area contributed by atoms with Crippen LogP contribution in [0.25, 0.3) is 0 Å². The zero-order valence-corrected chi connectivity index (χ0v) is 11.5. The first kappa shape index (κ1) is 13.4. The van der Waals surface area contributed by atoms with Gasteiger partial charge in [0.1, 0.15) is 6.10 Å². The molecule has 0 aromatic carbocycles. The van der Waals surface area contributed by atoms with Crippen LogP contribution < -0.4 is 5.32 Å².